The summed E-state index contributed by atoms with van der Waals surface area (Å²) in [7, 11) is 1.62. The summed E-state index contributed by atoms with van der Waals surface area (Å²) in [5.74, 6) is -0.800. The van der Waals surface area contributed by atoms with E-state index in [0.29, 0.717) is 37.5 Å². The van der Waals surface area contributed by atoms with Gasteiger partial charge in [-0.2, -0.15) is 0 Å². The first-order valence-electron chi connectivity index (χ1n) is 10.6. The lowest BCUT2D eigenvalue weighted by Gasteiger charge is -2.29. The van der Waals surface area contributed by atoms with Crippen molar-refractivity contribution < 1.29 is 23.8 Å². The van der Waals surface area contributed by atoms with Crippen molar-refractivity contribution in [1.82, 2.24) is 0 Å². The number of carbonyl (C=O) groups excluding carboxylic acids is 2. The van der Waals surface area contributed by atoms with Crippen LogP contribution in [-0.4, -0.2) is 44.3 Å². The number of carbonyl (C=O) groups is 2. The Morgan fingerprint density at radius 3 is 2.39 bits per heavy atom. The van der Waals surface area contributed by atoms with Gasteiger partial charge >= 0.3 is 0 Å². The molecule has 0 N–H and O–H groups in total. The molecule has 0 spiro atoms. The zero-order valence-corrected chi connectivity index (χ0v) is 18.6. The van der Waals surface area contributed by atoms with Crippen LogP contribution in [0.5, 0.6) is 0 Å². The Kier molecular flexibility index (Phi) is 6.87. The van der Waals surface area contributed by atoms with E-state index in [9.17, 15) is 9.59 Å². The van der Waals surface area contributed by atoms with Crippen molar-refractivity contribution in [3.05, 3.63) is 58.6 Å². The third kappa shape index (κ3) is 5.07. The van der Waals surface area contributed by atoms with Gasteiger partial charge in [0, 0.05) is 31.4 Å². The largest absolute Gasteiger partial charge is 0.382 e. The second kappa shape index (κ2) is 9.61. The van der Waals surface area contributed by atoms with E-state index in [1.165, 1.54) is 0 Å². The fraction of sp³-hybridized carbons (Fsp3) is 0.440. The molecule has 5 nitrogen and oxygen atoms in total. The van der Waals surface area contributed by atoms with Gasteiger partial charge in [-0.1, -0.05) is 35.9 Å². The zero-order chi connectivity index (χ0) is 22.0. The van der Waals surface area contributed by atoms with Crippen LogP contribution in [0.15, 0.2) is 42.5 Å². The number of benzene rings is 2. The number of hydrogen-bond donors (Lipinski definition) is 0. The number of halogens is 1. The van der Waals surface area contributed by atoms with Gasteiger partial charge in [-0.25, -0.2) is 0 Å². The van der Waals surface area contributed by atoms with Crippen LogP contribution >= 0.6 is 11.6 Å². The summed E-state index contributed by atoms with van der Waals surface area (Å²) >= 11 is 6.00. The van der Waals surface area contributed by atoms with Gasteiger partial charge in [-0.15, -0.1) is 0 Å². The number of hydrogen-bond acceptors (Lipinski definition) is 5. The summed E-state index contributed by atoms with van der Waals surface area (Å²) < 4.78 is 16.6. The lowest BCUT2D eigenvalue weighted by atomic mass is 9.74. The Labute approximate surface area is 187 Å². The Morgan fingerprint density at radius 1 is 1.03 bits per heavy atom. The summed E-state index contributed by atoms with van der Waals surface area (Å²) in [6.07, 6.45) is 0.806. The SMILES string of the molecule is COCC1COC(CC2CC(=O)C(c3cc(-c4ccc(Cl)cc4)ccc3C)C(=O)C2)O1. The first kappa shape index (κ1) is 22.2. The van der Waals surface area contributed by atoms with E-state index >= 15 is 0 Å². The fourth-order valence-electron chi connectivity index (χ4n) is 4.52. The minimum Gasteiger partial charge on any atom is -0.382 e. The standard InChI is InChI=1S/C25H27ClO5/c1-15-3-4-18(17-5-7-19(26)8-6-17)12-21(15)25-22(27)9-16(10-23(25)28)11-24-30-14-20(31-24)13-29-2/h3-8,12,16,20,24-25H,9-11,13-14H2,1-2H3. The van der Waals surface area contributed by atoms with Crippen molar-refractivity contribution in [1.29, 1.82) is 0 Å². The smallest absolute Gasteiger partial charge is 0.158 e. The van der Waals surface area contributed by atoms with Crippen LogP contribution in [0.1, 0.15) is 36.3 Å². The molecule has 0 radical (unpaired) electrons. The number of ether oxygens (including phenoxy) is 3. The molecular formula is C25H27ClO5. The quantitative estimate of drug-likeness (QED) is 0.605. The van der Waals surface area contributed by atoms with Gasteiger partial charge in [0.15, 0.2) is 6.29 Å². The molecule has 2 aromatic carbocycles. The topological polar surface area (TPSA) is 61.8 Å². The van der Waals surface area contributed by atoms with Gasteiger partial charge in [0.05, 0.1) is 13.2 Å². The van der Waals surface area contributed by atoms with E-state index in [4.69, 9.17) is 25.8 Å². The molecule has 4 rings (SSSR count). The number of methoxy groups -OCH3 is 1. The van der Waals surface area contributed by atoms with Crippen molar-refractivity contribution in [2.24, 2.45) is 5.92 Å². The van der Waals surface area contributed by atoms with Crippen LogP contribution in [0.25, 0.3) is 11.1 Å². The maximum Gasteiger partial charge on any atom is 0.158 e. The predicted octanol–water partition coefficient (Wildman–Crippen LogP) is 4.73. The normalized spacial score (nSPS) is 26.4. The van der Waals surface area contributed by atoms with E-state index in [2.05, 4.69) is 0 Å². The maximum absolute atomic E-state index is 13.1. The fourth-order valence-corrected chi connectivity index (χ4v) is 4.65. The van der Waals surface area contributed by atoms with Crippen molar-refractivity contribution in [2.75, 3.05) is 20.3 Å². The Hall–Kier alpha value is -2.05. The molecule has 1 aliphatic carbocycles. The molecule has 1 aliphatic heterocycles. The second-order valence-electron chi connectivity index (χ2n) is 8.43. The molecule has 0 aromatic heterocycles. The molecule has 164 valence electrons. The van der Waals surface area contributed by atoms with Crippen LogP contribution in [0, 0.1) is 12.8 Å². The van der Waals surface area contributed by atoms with Gasteiger partial charge in [-0.3, -0.25) is 9.59 Å². The average molecular weight is 443 g/mol. The lowest BCUT2D eigenvalue weighted by Crippen LogP contribution is -2.34. The Bertz CT molecular complexity index is 937. The molecule has 2 unspecified atom stereocenters. The molecular weight excluding hydrogens is 416 g/mol. The van der Waals surface area contributed by atoms with Crippen LogP contribution in [0.2, 0.25) is 5.02 Å². The van der Waals surface area contributed by atoms with Crippen LogP contribution in [-0.2, 0) is 23.8 Å². The molecule has 6 heteroatoms. The van der Waals surface area contributed by atoms with Crippen molar-refractivity contribution in [3.63, 3.8) is 0 Å². The van der Waals surface area contributed by atoms with E-state index < -0.39 is 5.92 Å². The minimum absolute atomic E-state index is 0.0240. The summed E-state index contributed by atoms with van der Waals surface area (Å²) in [6.45, 7) is 2.90. The van der Waals surface area contributed by atoms with Crippen molar-refractivity contribution in [3.8, 4) is 11.1 Å². The van der Waals surface area contributed by atoms with E-state index in [0.717, 1.165) is 22.3 Å². The van der Waals surface area contributed by atoms with Gasteiger partial charge in [0.1, 0.15) is 23.6 Å². The number of rotatable bonds is 6. The number of Topliss-reactive ketones (excluding diaryl/α,β-unsaturated/α-hetero) is 2. The van der Waals surface area contributed by atoms with Crippen LogP contribution < -0.4 is 0 Å². The average Bonchev–Trinajstić information content (AvgIpc) is 3.16. The molecule has 0 amide bonds. The number of aryl methyl sites for hydroxylation is 1. The lowest BCUT2D eigenvalue weighted by molar-refractivity contribution is -0.135. The highest BCUT2D eigenvalue weighted by atomic mass is 35.5. The molecule has 1 saturated heterocycles. The zero-order valence-electron chi connectivity index (χ0n) is 17.8. The molecule has 2 atom stereocenters. The highest BCUT2D eigenvalue weighted by Crippen LogP contribution is 2.37. The highest BCUT2D eigenvalue weighted by molar-refractivity contribution is 6.30. The second-order valence-corrected chi connectivity index (χ2v) is 8.87. The molecule has 0 bridgehead atoms. The highest BCUT2D eigenvalue weighted by Gasteiger charge is 2.39. The van der Waals surface area contributed by atoms with E-state index in [1.807, 2.05) is 49.4 Å². The summed E-state index contributed by atoms with van der Waals surface area (Å²) in [5, 5.41) is 0.670. The van der Waals surface area contributed by atoms with E-state index in [1.54, 1.807) is 7.11 Å². The molecule has 31 heavy (non-hydrogen) atoms. The summed E-state index contributed by atoms with van der Waals surface area (Å²) in [4.78, 5) is 26.1. The van der Waals surface area contributed by atoms with Crippen molar-refractivity contribution in [2.45, 2.75) is 44.5 Å². The first-order valence-corrected chi connectivity index (χ1v) is 11.0. The van der Waals surface area contributed by atoms with Crippen LogP contribution in [0.3, 0.4) is 0 Å². The van der Waals surface area contributed by atoms with Gasteiger partial charge in [0.25, 0.3) is 0 Å². The first-order chi connectivity index (χ1) is 14.9. The van der Waals surface area contributed by atoms with Crippen molar-refractivity contribution >= 4 is 23.2 Å². The predicted molar refractivity (Wildman–Crippen MR) is 118 cm³/mol. The summed E-state index contributed by atoms with van der Waals surface area (Å²) in [5.41, 5.74) is 3.72. The van der Waals surface area contributed by atoms with Crippen LogP contribution in [0.4, 0.5) is 0 Å². The Balaban J connectivity index is 1.47. The molecule has 2 aliphatic rings. The maximum atomic E-state index is 13.1. The third-order valence-corrected chi connectivity index (χ3v) is 6.33. The minimum atomic E-state index is -0.699. The monoisotopic (exact) mass is 442 g/mol. The molecule has 1 saturated carbocycles. The van der Waals surface area contributed by atoms with Gasteiger partial charge < -0.3 is 14.2 Å². The van der Waals surface area contributed by atoms with E-state index in [-0.39, 0.29) is 29.9 Å². The molecule has 2 aromatic rings. The Morgan fingerprint density at radius 2 is 1.71 bits per heavy atom. The molecule has 1 heterocycles. The third-order valence-electron chi connectivity index (χ3n) is 6.08. The van der Waals surface area contributed by atoms with Gasteiger partial charge in [-0.05, 0) is 53.3 Å². The van der Waals surface area contributed by atoms with Gasteiger partial charge in [0.2, 0.25) is 0 Å². The molecule has 2 fully saturated rings. The number of ketones is 2. The summed E-state index contributed by atoms with van der Waals surface area (Å²) in [6, 6.07) is 13.5.